The van der Waals surface area contributed by atoms with E-state index in [2.05, 4.69) is 0 Å². The number of nitrogens with two attached hydrogens (primary N) is 1. The molecule has 0 saturated heterocycles. The second kappa shape index (κ2) is 4.77. The molecule has 1 unspecified atom stereocenters. The van der Waals surface area contributed by atoms with Crippen molar-refractivity contribution in [2.75, 3.05) is 7.11 Å². The van der Waals surface area contributed by atoms with Crippen LogP contribution in [0.25, 0.3) is 0 Å². The van der Waals surface area contributed by atoms with Gasteiger partial charge in [0.15, 0.2) is 5.78 Å². The quantitative estimate of drug-likeness (QED) is 0.780. The van der Waals surface area contributed by atoms with Crippen molar-refractivity contribution in [3.63, 3.8) is 0 Å². The second-order valence-corrected chi connectivity index (χ2v) is 3.28. The topological polar surface area (TPSA) is 52.3 Å². The van der Waals surface area contributed by atoms with Crippen LogP contribution in [0.1, 0.15) is 12.5 Å². The monoisotopic (exact) mass is 193 g/mol. The molecule has 0 amide bonds. The van der Waals surface area contributed by atoms with Gasteiger partial charge in [0, 0.05) is 6.42 Å². The van der Waals surface area contributed by atoms with Crippen LogP contribution >= 0.6 is 0 Å². The molecule has 1 aromatic carbocycles. The predicted octanol–water partition coefficient (Wildman–Crippen LogP) is 1.15. The standard InChI is InChI=1S/C11H15NO2/c1-8(12)11(13)7-9-3-5-10(14-2)6-4-9/h3-6,8H,7,12H2,1-2H3. The third-order valence-electron chi connectivity index (χ3n) is 2.05. The van der Waals surface area contributed by atoms with E-state index in [1.54, 1.807) is 14.0 Å². The zero-order valence-electron chi connectivity index (χ0n) is 8.49. The Labute approximate surface area is 83.9 Å². The van der Waals surface area contributed by atoms with Crippen molar-refractivity contribution in [2.24, 2.45) is 5.73 Å². The molecule has 3 heteroatoms. The number of hydrogen-bond acceptors (Lipinski definition) is 3. The first kappa shape index (κ1) is 10.7. The maximum Gasteiger partial charge on any atom is 0.153 e. The summed E-state index contributed by atoms with van der Waals surface area (Å²) in [7, 11) is 1.61. The lowest BCUT2D eigenvalue weighted by molar-refractivity contribution is -0.119. The van der Waals surface area contributed by atoms with E-state index in [1.165, 1.54) is 0 Å². The van der Waals surface area contributed by atoms with Crippen LogP contribution in [0.4, 0.5) is 0 Å². The van der Waals surface area contributed by atoms with E-state index >= 15 is 0 Å². The van der Waals surface area contributed by atoms with Crippen molar-refractivity contribution < 1.29 is 9.53 Å². The fourth-order valence-corrected chi connectivity index (χ4v) is 1.11. The summed E-state index contributed by atoms with van der Waals surface area (Å²) < 4.78 is 5.01. The summed E-state index contributed by atoms with van der Waals surface area (Å²) >= 11 is 0. The summed E-state index contributed by atoms with van der Waals surface area (Å²) in [5, 5.41) is 0. The summed E-state index contributed by atoms with van der Waals surface area (Å²) in [6.07, 6.45) is 0.391. The number of rotatable bonds is 4. The minimum absolute atomic E-state index is 0.0511. The van der Waals surface area contributed by atoms with Gasteiger partial charge in [0.25, 0.3) is 0 Å². The molecule has 1 aromatic rings. The Morgan fingerprint density at radius 2 is 2.00 bits per heavy atom. The van der Waals surface area contributed by atoms with Crippen LogP contribution in [0, 0.1) is 0 Å². The Kier molecular flexibility index (Phi) is 3.65. The van der Waals surface area contributed by atoms with Gasteiger partial charge in [-0.1, -0.05) is 12.1 Å². The number of carbonyl (C=O) groups is 1. The number of hydrogen-bond donors (Lipinski definition) is 1. The molecule has 3 nitrogen and oxygen atoms in total. The fourth-order valence-electron chi connectivity index (χ4n) is 1.11. The van der Waals surface area contributed by atoms with Crippen LogP contribution in [0.5, 0.6) is 5.75 Å². The first-order chi connectivity index (χ1) is 6.63. The number of carbonyl (C=O) groups excluding carboxylic acids is 1. The highest BCUT2D eigenvalue weighted by Gasteiger charge is 2.08. The minimum Gasteiger partial charge on any atom is -0.497 e. The molecule has 0 aromatic heterocycles. The third kappa shape index (κ3) is 2.85. The lowest BCUT2D eigenvalue weighted by Gasteiger charge is -2.05. The zero-order valence-corrected chi connectivity index (χ0v) is 8.49. The number of ketones is 1. The normalized spacial score (nSPS) is 12.2. The number of benzene rings is 1. The van der Waals surface area contributed by atoms with Crippen LogP contribution in [0.2, 0.25) is 0 Å². The highest BCUT2D eigenvalue weighted by atomic mass is 16.5. The highest BCUT2D eigenvalue weighted by molar-refractivity contribution is 5.85. The average molecular weight is 193 g/mol. The molecule has 14 heavy (non-hydrogen) atoms. The smallest absolute Gasteiger partial charge is 0.153 e. The summed E-state index contributed by atoms with van der Waals surface area (Å²) in [5.74, 6) is 0.845. The Morgan fingerprint density at radius 3 is 2.43 bits per heavy atom. The molecule has 0 aliphatic rings. The van der Waals surface area contributed by atoms with E-state index in [9.17, 15) is 4.79 Å². The number of ether oxygens (including phenoxy) is 1. The molecular weight excluding hydrogens is 178 g/mol. The highest BCUT2D eigenvalue weighted by Crippen LogP contribution is 2.11. The van der Waals surface area contributed by atoms with Crippen LogP contribution < -0.4 is 10.5 Å². The van der Waals surface area contributed by atoms with E-state index in [-0.39, 0.29) is 5.78 Å². The van der Waals surface area contributed by atoms with Crippen LogP contribution in [-0.2, 0) is 11.2 Å². The molecule has 1 rings (SSSR count). The van der Waals surface area contributed by atoms with Crippen molar-refractivity contribution in [3.8, 4) is 5.75 Å². The van der Waals surface area contributed by atoms with Gasteiger partial charge in [0.2, 0.25) is 0 Å². The maximum atomic E-state index is 11.3. The molecule has 0 fully saturated rings. The Hall–Kier alpha value is -1.35. The Balaban J connectivity index is 2.64. The minimum atomic E-state index is -0.392. The van der Waals surface area contributed by atoms with E-state index in [1.807, 2.05) is 24.3 Å². The molecule has 76 valence electrons. The molecule has 2 N–H and O–H groups in total. The number of Topliss-reactive ketones (excluding diaryl/α,β-unsaturated/α-hetero) is 1. The third-order valence-corrected chi connectivity index (χ3v) is 2.05. The van der Waals surface area contributed by atoms with Gasteiger partial charge in [0.1, 0.15) is 5.75 Å². The van der Waals surface area contributed by atoms with E-state index in [4.69, 9.17) is 10.5 Å². The van der Waals surface area contributed by atoms with Crippen LogP contribution in [0.15, 0.2) is 24.3 Å². The molecule has 0 heterocycles. The molecule has 0 aliphatic carbocycles. The fraction of sp³-hybridized carbons (Fsp3) is 0.364. The maximum absolute atomic E-state index is 11.3. The summed E-state index contributed by atoms with van der Waals surface area (Å²) in [5.41, 5.74) is 6.43. The van der Waals surface area contributed by atoms with Crippen molar-refractivity contribution >= 4 is 5.78 Å². The predicted molar refractivity (Wildman–Crippen MR) is 55.4 cm³/mol. The molecule has 0 aliphatic heterocycles. The van der Waals surface area contributed by atoms with Crippen molar-refractivity contribution in [3.05, 3.63) is 29.8 Å². The Morgan fingerprint density at radius 1 is 1.43 bits per heavy atom. The van der Waals surface area contributed by atoms with Gasteiger partial charge in [-0.3, -0.25) is 4.79 Å². The van der Waals surface area contributed by atoms with Crippen molar-refractivity contribution in [1.82, 2.24) is 0 Å². The molecular formula is C11H15NO2. The summed E-state index contributed by atoms with van der Waals surface area (Å²) in [6, 6.07) is 7.03. The van der Waals surface area contributed by atoms with Gasteiger partial charge in [-0.05, 0) is 24.6 Å². The first-order valence-corrected chi connectivity index (χ1v) is 4.54. The van der Waals surface area contributed by atoms with Gasteiger partial charge >= 0.3 is 0 Å². The SMILES string of the molecule is COc1ccc(CC(=O)C(C)N)cc1. The van der Waals surface area contributed by atoms with Gasteiger partial charge in [0.05, 0.1) is 13.2 Å². The zero-order chi connectivity index (χ0) is 10.6. The average Bonchev–Trinajstić information content (AvgIpc) is 2.19. The van der Waals surface area contributed by atoms with Gasteiger partial charge < -0.3 is 10.5 Å². The lowest BCUT2D eigenvalue weighted by Crippen LogP contribution is -2.28. The van der Waals surface area contributed by atoms with Crippen molar-refractivity contribution in [2.45, 2.75) is 19.4 Å². The molecule has 0 saturated carbocycles. The van der Waals surface area contributed by atoms with Gasteiger partial charge in [-0.2, -0.15) is 0 Å². The largest absolute Gasteiger partial charge is 0.497 e. The van der Waals surface area contributed by atoms with Crippen LogP contribution in [-0.4, -0.2) is 18.9 Å². The first-order valence-electron chi connectivity index (χ1n) is 4.54. The summed E-state index contributed by atoms with van der Waals surface area (Å²) in [6.45, 7) is 1.70. The van der Waals surface area contributed by atoms with E-state index < -0.39 is 6.04 Å². The van der Waals surface area contributed by atoms with Crippen LogP contribution in [0.3, 0.4) is 0 Å². The Bertz CT molecular complexity index is 304. The number of methoxy groups -OCH3 is 1. The molecule has 0 bridgehead atoms. The van der Waals surface area contributed by atoms with Crippen molar-refractivity contribution in [1.29, 1.82) is 0 Å². The summed E-state index contributed by atoms with van der Waals surface area (Å²) in [4.78, 5) is 11.3. The van der Waals surface area contributed by atoms with E-state index in [0.717, 1.165) is 11.3 Å². The molecule has 1 atom stereocenters. The van der Waals surface area contributed by atoms with Gasteiger partial charge in [-0.15, -0.1) is 0 Å². The molecule has 0 radical (unpaired) electrons. The second-order valence-electron chi connectivity index (χ2n) is 3.28. The lowest BCUT2D eigenvalue weighted by atomic mass is 10.1. The van der Waals surface area contributed by atoms with E-state index in [0.29, 0.717) is 6.42 Å². The van der Waals surface area contributed by atoms with Gasteiger partial charge in [-0.25, -0.2) is 0 Å². The molecule has 0 spiro atoms.